The molecule has 0 bridgehead atoms. The molecule has 1 aromatic heterocycles. The summed E-state index contributed by atoms with van der Waals surface area (Å²) in [5.41, 5.74) is 3.79. The molecule has 0 spiro atoms. The molecule has 3 heterocycles. The molecule has 1 unspecified atom stereocenters. The number of nitrogens with zero attached hydrogens (tertiary/aromatic N) is 3. The quantitative estimate of drug-likeness (QED) is 0.0939. The molecule has 4 N–H and O–H groups in total. The molecule has 2 aliphatic rings. The normalized spacial score (nSPS) is 20.4. The number of hydrogen-bond donors (Lipinski definition) is 3. The van der Waals surface area contributed by atoms with E-state index >= 15 is 0 Å². The summed E-state index contributed by atoms with van der Waals surface area (Å²) < 4.78 is 5.81. The Kier molecular flexibility index (Phi) is 8.24. The van der Waals surface area contributed by atoms with Gasteiger partial charge >= 0.3 is 11.9 Å². The number of thioether (sulfide) groups is 1. The number of hydrogen-bond acceptors (Lipinski definition) is 11. The molecule has 0 radical (unpaired) electrons. The van der Waals surface area contributed by atoms with Gasteiger partial charge in [0.1, 0.15) is 28.4 Å². The van der Waals surface area contributed by atoms with E-state index in [0.29, 0.717) is 15.8 Å². The van der Waals surface area contributed by atoms with Crippen molar-refractivity contribution in [3.05, 3.63) is 22.3 Å². The van der Waals surface area contributed by atoms with Gasteiger partial charge in [-0.05, 0) is 40.2 Å². The molecule has 2 atom stereocenters. The number of alkyl halides is 1. The number of fused-ring (bicyclic) bond motifs is 1. The van der Waals surface area contributed by atoms with Crippen LogP contribution in [0.2, 0.25) is 0 Å². The van der Waals surface area contributed by atoms with E-state index in [-0.39, 0.29) is 22.2 Å². The predicted octanol–water partition coefficient (Wildman–Crippen LogP) is 1.74. The average Bonchev–Trinajstić information content (AvgIpc) is 3.20. The van der Waals surface area contributed by atoms with E-state index in [0.717, 1.165) is 11.3 Å². The van der Waals surface area contributed by atoms with Crippen molar-refractivity contribution in [1.29, 1.82) is 0 Å². The van der Waals surface area contributed by atoms with Crippen LogP contribution in [0.4, 0.5) is 5.13 Å². The first kappa shape index (κ1) is 28.2. The molecule has 1 aromatic rings. The van der Waals surface area contributed by atoms with E-state index < -0.39 is 46.4 Å². The topological polar surface area (TPSA) is 174 Å². The molecular weight excluding hydrogens is 625 g/mol. The third kappa shape index (κ3) is 5.94. The van der Waals surface area contributed by atoms with Crippen molar-refractivity contribution in [3.8, 4) is 0 Å². The molecule has 2 amide bonds. The number of anilines is 1. The first-order valence-electron chi connectivity index (χ1n) is 10.6. The van der Waals surface area contributed by atoms with E-state index in [9.17, 15) is 24.3 Å². The molecule has 0 aromatic carbocycles. The van der Waals surface area contributed by atoms with Crippen molar-refractivity contribution >= 4 is 80.3 Å². The van der Waals surface area contributed by atoms with Gasteiger partial charge in [-0.1, -0.05) is 27.7 Å². The number of carboxylic acids is 1. The predicted molar refractivity (Wildman–Crippen MR) is 143 cm³/mol. The number of carbonyl (C=O) groups excluding carboxylic acids is 3. The number of nitrogen functional groups attached to an aromatic ring is 1. The highest BCUT2D eigenvalue weighted by Gasteiger charge is 2.54. The van der Waals surface area contributed by atoms with E-state index in [1.54, 1.807) is 20.8 Å². The molecule has 2 aliphatic heterocycles. The number of amides is 2. The monoisotopic (exact) mass is 651 g/mol. The standard InChI is InChI=1S/C21H26IN5O7S2/c1-20(2,3)33-18(32)21(4,5)34-26-11(10-8-36-19(23)24-10)14(28)25-12-15(29)27-13(17(30)31)9(6-22)7-35-16(12)27/h8,12,16H,6-7H2,1-5H3,(H2,23,24)(H,25,28)(H,30,31)/b26-11-/t12?,16-/m0/s1. The first-order chi connectivity index (χ1) is 16.7. The van der Waals surface area contributed by atoms with Gasteiger partial charge in [-0.2, -0.15) is 0 Å². The van der Waals surface area contributed by atoms with Gasteiger partial charge in [0.25, 0.3) is 11.8 Å². The molecule has 36 heavy (non-hydrogen) atoms. The number of nitrogens with one attached hydrogen (secondary N) is 1. The maximum absolute atomic E-state index is 13.2. The number of ether oxygens (including phenoxy) is 1. The fraction of sp³-hybridized carbons (Fsp3) is 0.524. The number of carbonyl (C=O) groups is 4. The van der Waals surface area contributed by atoms with Gasteiger partial charge in [0, 0.05) is 15.6 Å². The van der Waals surface area contributed by atoms with E-state index in [4.69, 9.17) is 15.3 Å². The summed E-state index contributed by atoms with van der Waals surface area (Å²) in [5.74, 6) is -2.81. The lowest BCUT2D eigenvalue weighted by molar-refractivity contribution is -0.179. The smallest absolute Gasteiger partial charge is 0.353 e. The van der Waals surface area contributed by atoms with Crippen LogP contribution in [-0.2, 0) is 28.8 Å². The average molecular weight is 652 g/mol. The summed E-state index contributed by atoms with van der Waals surface area (Å²) in [6, 6.07) is -0.979. The Labute approximate surface area is 229 Å². The second-order valence-electron chi connectivity index (χ2n) is 9.37. The highest BCUT2D eigenvalue weighted by atomic mass is 127. The lowest BCUT2D eigenvalue weighted by Gasteiger charge is -2.49. The number of carboxylic acid groups (broad SMARTS) is 1. The van der Waals surface area contributed by atoms with E-state index in [2.05, 4.69) is 38.0 Å². The van der Waals surface area contributed by atoms with Crippen molar-refractivity contribution in [2.24, 2.45) is 5.16 Å². The van der Waals surface area contributed by atoms with Crippen molar-refractivity contribution in [3.63, 3.8) is 0 Å². The molecule has 196 valence electrons. The summed E-state index contributed by atoms with van der Waals surface area (Å²) >= 11 is 4.48. The highest BCUT2D eigenvalue weighted by molar-refractivity contribution is 14.1. The highest BCUT2D eigenvalue weighted by Crippen LogP contribution is 2.40. The number of aliphatic carboxylic acids is 1. The lowest BCUT2D eigenvalue weighted by Crippen LogP contribution is -2.71. The van der Waals surface area contributed by atoms with Crippen LogP contribution < -0.4 is 11.1 Å². The Morgan fingerprint density at radius 2 is 2.00 bits per heavy atom. The van der Waals surface area contributed by atoms with Crippen molar-refractivity contribution < 1.29 is 33.9 Å². The molecule has 3 rings (SSSR count). The zero-order valence-corrected chi connectivity index (χ0v) is 23.9. The zero-order valence-electron chi connectivity index (χ0n) is 20.2. The van der Waals surface area contributed by atoms with Crippen LogP contribution in [0.1, 0.15) is 40.3 Å². The van der Waals surface area contributed by atoms with Gasteiger partial charge in [-0.15, -0.1) is 23.1 Å². The third-order valence-corrected chi connectivity index (χ3v) is 7.87. The first-order valence-corrected chi connectivity index (χ1v) is 14.1. The molecule has 1 fully saturated rings. The number of rotatable bonds is 8. The van der Waals surface area contributed by atoms with Crippen LogP contribution in [0.15, 0.2) is 21.8 Å². The number of nitrogens with two attached hydrogens (primary N) is 1. The van der Waals surface area contributed by atoms with Gasteiger partial charge < -0.3 is 25.7 Å². The Bertz CT molecular complexity index is 1160. The minimum atomic E-state index is -1.54. The third-order valence-electron chi connectivity index (χ3n) is 4.93. The Balaban J connectivity index is 1.82. The number of β-lactam (4-membered cyclic amide) rings is 1. The lowest BCUT2D eigenvalue weighted by atomic mass is 10.0. The van der Waals surface area contributed by atoms with Crippen molar-refractivity contribution in [2.75, 3.05) is 15.9 Å². The molecule has 15 heteroatoms. The Morgan fingerprint density at radius 3 is 2.53 bits per heavy atom. The second kappa shape index (κ2) is 10.5. The van der Waals surface area contributed by atoms with E-state index in [1.165, 1.54) is 35.9 Å². The van der Waals surface area contributed by atoms with Crippen LogP contribution in [0.3, 0.4) is 0 Å². The summed E-state index contributed by atoms with van der Waals surface area (Å²) in [7, 11) is 0. The molecule has 12 nitrogen and oxygen atoms in total. The number of oxime groups is 1. The van der Waals surface area contributed by atoms with Crippen LogP contribution in [-0.4, -0.2) is 77.3 Å². The number of esters is 1. The van der Waals surface area contributed by atoms with Crippen molar-refractivity contribution in [1.82, 2.24) is 15.2 Å². The fourth-order valence-electron chi connectivity index (χ4n) is 3.19. The maximum atomic E-state index is 13.2. The number of aromatic nitrogens is 1. The zero-order chi connectivity index (χ0) is 27.0. The van der Waals surface area contributed by atoms with Crippen LogP contribution in [0, 0.1) is 0 Å². The number of thiazole rings is 1. The van der Waals surface area contributed by atoms with Crippen molar-refractivity contribution in [2.45, 2.75) is 57.2 Å². The van der Waals surface area contributed by atoms with Crippen LogP contribution in [0.5, 0.6) is 0 Å². The van der Waals surface area contributed by atoms with Crippen LogP contribution >= 0.6 is 45.7 Å². The minimum absolute atomic E-state index is 0.0488. The SMILES string of the molecule is CC(C)(C)OC(=O)C(C)(C)O/N=C(\C(=O)NC1C(=O)N2C(C(=O)O)=C(CI)CS[C@@H]12)c1csc(N)n1. The van der Waals surface area contributed by atoms with E-state index in [1.807, 2.05) is 0 Å². The molecule has 0 aliphatic carbocycles. The molecule has 0 saturated carbocycles. The van der Waals surface area contributed by atoms with Crippen LogP contribution in [0.25, 0.3) is 0 Å². The van der Waals surface area contributed by atoms with Gasteiger partial charge in [0.2, 0.25) is 5.60 Å². The Hall–Kier alpha value is -2.40. The molecule has 1 saturated heterocycles. The van der Waals surface area contributed by atoms with Gasteiger partial charge in [-0.25, -0.2) is 14.6 Å². The van der Waals surface area contributed by atoms with Gasteiger partial charge in [0.15, 0.2) is 10.8 Å². The summed E-state index contributed by atoms with van der Waals surface area (Å²) in [6.07, 6.45) is 0. The molecular formula is C21H26IN5O7S2. The maximum Gasteiger partial charge on any atom is 0.353 e. The number of halogens is 1. The minimum Gasteiger partial charge on any atom is -0.477 e. The largest absolute Gasteiger partial charge is 0.477 e. The van der Waals surface area contributed by atoms with Gasteiger partial charge in [-0.3, -0.25) is 14.5 Å². The second-order valence-corrected chi connectivity index (χ2v) is 12.1. The summed E-state index contributed by atoms with van der Waals surface area (Å²) in [6.45, 7) is 7.99. The Morgan fingerprint density at radius 1 is 1.33 bits per heavy atom. The van der Waals surface area contributed by atoms with Gasteiger partial charge in [0.05, 0.1) is 0 Å². The summed E-state index contributed by atoms with van der Waals surface area (Å²) in [4.78, 5) is 61.0. The summed E-state index contributed by atoms with van der Waals surface area (Å²) in [5, 5.41) is 17.2. The fourth-order valence-corrected chi connectivity index (χ4v) is 6.09.